The predicted molar refractivity (Wildman–Crippen MR) is 67.8 cm³/mol. The van der Waals surface area contributed by atoms with Crippen molar-refractivity contribution in [3.8, 4) is 10.4 Å². The van der Waals surface area contributed by atoms with E-state index in [0.717, 1.165) is 12.8 Å². The highest BCUT2D eigenvalue weighted by Crippen LogP contribution is 2.47. The molecule has 0 aliphatic heterocycles. The van der Waals surface area contributed by atoms with Crippen LogP contribution < -0.4 is 0 Å². The lowest BCUT2D eigenvalue weighted by atomic mass is 9.96. The van der Waals surface area contributed by atoms with E-state index in [4.69, 9.17) is 0 Å². The van der Waals surface area contributed by atoms with Gasteiger partial charge in [-0.2, -0.15) is 0 Å². The summed E-state index contributed by atoms with van der Waals surface area (Å²) in [6, 6.07) is 12.9. The molecule has 16 heavy (non-hydrogen) atoms. The smallest absolute Gasteiger partial charge is 0.0527 e. The molecule has 1 N–H and O–H groups in total. The summed E-state index contributed by atoms with van der Waals surface area (Å²) in [4.78, 5) is 1.31. The topological polar surface area (TPSA) is 20.2 Å². The molecule has 1 heterocycles. The van der Waals surface area contributed by atoms with Gasteiger partial charge in [-0.15, -0.1) is 11.3 Å². The summed E-state index contributed by atoms with van der Waals surface area (Å²) in [5.41, 5.74) is 2.65. The first-order valence-corrected chi connectivity index (χ1v) is 6.47. The quantitative estimate of drug-likeness (QED) is 0.856. The maximum Gasteiger partial charge on any atom is 0.0527 e. The Hall–Kier alpha value is -1.12. The van der Waals surface area contributed by atoms with E-state index in [-0.39, 0.29) is 12.0 Å². The van der Waals surface area contributed by atoms with Crippen LogP contribution in [0.25, 0.3) is 10.4 Å². The van der Waals surface area contributed by atoms with Gasteiger partial charge >= 0.3 is 0 Å². The van der Waals surface area contributed by atoms with Gasteiger partial charge in [0.1, 0.15) is 0 Å². The van der Waals surface area contributed by atoms with Gasteiger partial charge in [-0.25, -0.2) is 0 Å². The molecule has 2 heteroatoms. The lowest BCUT2D eigenvalue weighted by Gasteiger charge is -2.12. The Bertz CT molecular complexity index is 466. The molecule has 0 atom stereocenters. The molecule has 1 aromatic heterocycles. The van der Waals surface area contributed by atoms with Crippen molar-refractivity contribution in [2.24, 2.45) is 0 Å². The Balaban J connectivity index is 1.91. The fraction of sp³-hybridized carbons (Fsp3) is 0.286. The summed E-state index contributed by atoms with van der Waals surface area (Å²) in [7, 11) is 0. The monoisotopic (exact) mass is 230 g/mol. The number of thiophene rings is 1. The normalized spacial score (nSPS) is 17.3. The van der Waals surface area contributed by atoms with Crippen LogP contribution in [0.15, 0.2) is 41.8 Å². The molecule has 1 aromatic carbocycles. The average Bonchev–Trinajstić information content (AvgIpc) is 2.96. The second kappa shape index (κ2) is 3.72. The highest BCUT2D eigenvalue weighted by atomic mass is 32.1. The maximum atomic E-state index is 9.37. The molecule has 0 saturated heterocycles. The predicted octanol–water partition coefficient (Wildman–Crippen LogP) is 3.44. The van der Waals surface area contributed by atoms with Crippen LogP contribution in [0.3, 0.4) is 0 Å². The Kier molecular flexibility index (Phi) is 2.34. The van der Waals surface area contributed by atoms with Crippen LogP contribution in [0.1, 0.15) is 18.4 Å². The van der Waals surface area contributed by atoms with Gasteiger partial charge in [0.05, 0.1) is 6.61 Å². The molecule has 2 aromatic rings. The Labute approximate surface area is 99.4 Å². The molecule has 1 aliphatic carbocycles. The Morgan fingerprint density at radius 2 is 1.88 bits per heavy atom. The summed E-state index contributed by atoms with van der Waals surface area (Å²) >= 11 is 1.76. The number of hydrogen-bond donors (Lipinski definition) is 1. The van der Waals surface area contributed by atoms with E-state index in [1.54, 1.807) is 11.3 Å². The van der Waals surface area contributed by atoms with Crippen molar-refractivity contribution in [3.05, 3.63) is 47.3 Å². The number of aliphatic hydroxyl groups is 1. The Morgan fingerprint density at radius 3 is 2.38 bits per heavy atom. The lowest BCUT2D eigenvalue weighted by Crippen LogP contribution is -2.11. The second-order valence-electron chi connectivity index (χ2n) is 4.49. The number of hydrogen-bond acceptors (Lipinski definition) is 2. The van der Waals surface area contributed by atoms with Gasteiger partial charge < -0.3 is 5.11 Å². The van der Waals surface area contributed by atoms with Crippen molar-refractivity contribution in [2.75, 3.05) is 6.61 Å². The van der Waals surface area contributed by atoms with Crippen molar-refractivity contribution < 1.29 is 5.11 Å². The second-order valence-corrected chi connectivity index (χ2v) is 5.44. The zero-order valence-electron chi connectivity index (χ0n) is 9.02. The Morgan fingerprint density at radius 1 is 1.12 bits per heavy atom. The molecule has 0 unspecified atom stereocenters. The van der Waals surface area contributed by atoms with E-state index in [1.165, 1.54) is 16.0 Å². The van der Waals surface area contributed by atoms with E-state index in [2.05, 4.69) is 41.8 Å². The van der Waals surface area contributed by atoms with Crippen molar-refractivity contribution in [3.63, 3.8) is 0 Å². The molecular formula is C14H14OS. The summed E-state index contributed by atoms with van der Waals surface area (Å²) in [5, 5.41) is 11.5. The van der Waals surface area contributed by atoms with E-state index < -0.39 is 0 Å². The number of benzene rings is 1. The molecule has 1 saturated carbocycles. The first-order chi connectivity index (χ1) is 7.84. The molecule has 1 aliphatic rings. The SMILES string of the molecule is OCC1(c2ccc(-c3cccs3)cc2)CC1. The van der Waals surface area contributed by atoms with Crippen LogP contribution in [0.4, 0.5) is 0 Å². The number of aliphatic hydroxyl groups excluding tert-OH is 1. The molecule has 1 fully saturated rings. The summed E-state index contributed by atoms with van der Waals surface area (Å²) in [6.45, 7) is 0.283. The van der Waals surface area contributed by atoms with Gasteiger partial charge in [0.25, 0.3) is 0 Å². The summed E-state index contributed by atoms with van der Waals surface area (Å²) in [5.74, 6) is 0. The van der Waals surface area contributed by atoms with Gasteiger partial charge in [-0.05, 0) is 35.4 Å². The molecular weight excluding hydrogens is 216 g/mol. The van der Waals surface area contributed by atoms with Gasteiger partial charge in [-0.1, -0.05) is 30.3 Å². The van der Waals surface area contributed by atoms with E-state index in [1.807, 2.05) is 0 Å². The summed E-state index contributed by atoms with van der Waals surface area (Å²) < 4.78 is 0. The minimum absolute atomic E-state index is 0.0912. The van der Waals surface area contributed by atoms with Crippen molar-refractivity contribution >= 4 is 11.3 Å². The maximum absolute atomic E-state index is 9.37. The molecule has 0 radical (unpaired) electrons. The first kappa shape index (κ1) is 10.1. The summed E-state index contributed by atoms with van der Waals surface area (Å²) in [6.07, 6.45) is 2.25. The van der Waals surface area contributed by atoms with Gasteiger partial charge in [-0.3, -0.25) is 0 Å². The standard InChI is InChI=1S/C14H14OS/c15-10-14(7-8-14)12-5-3-11(4-6-12)13-2-1-9-16-13/h1-6,9,15H,7-8,10H2. The lowest BCUT2D eigenvalue weighted by molar-refractivity contribution is 0.255. The molecule has 1 nitrogen and oxygen atoms in total. The zero-order valence-corrected chi connectivity index (χ0v) is 9.83. The third kappa shape index (κ3) is 1.58. The van der Waals surface area contributed by atoms with Crippen LogP contribution in [-0.4, -0.2) is 11.7 Å². The largest absolute Gasteiger partial charge is 0.395 e. The number of rotatable bonds is 3. The highest BCUT2D eigenvalue weighted by molar-refractivity contribution is 7.13. The minimum atomic E-state index is 0.0912. The van der Waals surface area contributed by atoms with E-state index >= 15 is 0 Å². The zero-order chi connectivity index (χ0) is 11.0. The van der Waals surface area contributed by atoms with Gasteiger partial charge in [0.2, 0.25) is 0 Å². The average molecular weight is 230 g/mol. The molecule has 0 spiro atoms. The van der Waals surface area contributed by atoms with Gasteiger partial charge in [0, 0.05) is 10.3 Å². The minimum Gasteiger partial charge on any atom is -0.395 e. The fourth-order valence-electron chi connectivity index (χ4n) is 2.12. The van der Waals surface area contributed by atoms with Crippen molar-refractivity contribution in [2.45, 2.75) is 18.3 Å². The third-order valence-corrected chi connectivity index (χ3v) is 4.38. The fourth-order valence-corrected chi connectivity index (χ4v) is 2.85. The van der Waals surface area contributed by atoms with Crippen LogP contribution in [0.2, 0.25) is 0 Å². The molecule has 0 amide bonds. The van der Waals surface area contributed by atoms with Crippen molar-refractivity contribution in [1.82, 2.24) is 0 Å². The van der Waals surface area contributed by atoms with E-state index in [0.29, 0.717) is 0 Å². The van der Waals surface area contributed by atoms with Crippen LogP contribution in [-0.2, 0) is 5.41 Å². The highest BCUT2D eigenvalue weighted by Gasteiger charge is 2.43. The third-order valence-electron chi connectivity index (χ3n) is 3.46. The van der Waals surface area contributed by atoms with Crippen molar-refractivity contribution in [1.29, 1.82) is 0 Å². The van der Waals surface area contributed by atoms with E-state index in [9.17, 15) is 5.11 Å². The van der Waals surface area contributed by atoms with Gasteiger partial charge in [0.15, 0.2) is 0 Å². The molecule has 3 rings (SSSR count). The molecule has 82 valence electrons. The van der Waals surface area contributed by atoms with Crippen LogP contribution >= 0.6 is 11.3 Å². The van der Waals surface area contributed by atoms with Crippen LogP contribution in [0, 0.1) is 0 Å². The van der Waals surface area contributed by atoms with Crippen LogP contribution in [0.5, 0.6) is 0 Å². The molecule has 0 bridgehead atoms. The first-order valence-electron chi connectivity index (χ1n) is 5.59.